The van der Waals surface area contributed by atoms with Crippen molar-refractivity contribution in [3.8, 4) is 5.75 Å². The minimum atomic E-state index is -1.11. The summed E-state index contributed by atoms with van der Waals surface area (Å²) in [6.45, 7) is -0.499. The van der Waals surface area contributed by atoms with Gasteiger partial charge in [-0.3, -0.25) is 4.57 Å². The average molecular weight is 251 g/mol. The molecule has 0 aliphatic heterocycles. The summed E-state index contributed by atoms with van der Waals surface area (Å²) < 4.78 is 10.6. The highest BCUT2D eigenvalue weighted by Gasteiger charge is 2.08. The summed E-state index contributed by atoms with van der Waals surface area (Å²) in [6.07, 6.45) is 0. The maximum Gasteiger partial charge on any atom is 0.422 e. The molecule has 1 heterocycles. The summed E-state index contributed by atoms with van der Waals surface area (Å²) in [5, 5.41) is 8.71. The van der Waals surface area contributed by atoms with Crippen LogP contribution in [0.15, 0.2) is 32.2 Å². The lowest BCUT2D eigenvalue weighted by atomic mass is 10.2. The second-order valence-electron chi connectivity index (χ2n) is 3.58. The van der Waals surface area contributed by atoms with Crippen LogP contribution in [-0.4, -0.2) is 22.2 Å². The lowest BCUT2D eigenvalue weighted by molar-refractivity contribution is -0.139. The zero-order valence-electron chi connectivity index (χ0n) is 9.37. The van der Waals surface area contributed by atoms with Gasteiger partial charge in [0.15, 0.2) is 6.61 Å². The Morgan fingerprint density at radius 2 is 2.17 bits per heavy atom. The highest BCUT2D eigenvalue weighted by atomic mass is 16.5. The maximum absolute atomic E-state index is 11.4. The lowest BCUT2D eigenvalue weighted by Gasteiger charge is -2.06. The van der Waals surface area contributed by atoms with Crippen molar-refractivity contribution in [1.82, 2.24) is 4.57 Å². The van der Waals surface area contributed by atoms with Gasteiger partial charge in [0.2, 0.25) is 0 Å². The Morgan fingerprint density at radius 3 is 2.83 bits per heavy atom. The molecule has 1 aromatic heterocycles. The quantitative estimate of drug-likeness (QED) is 0.821. The number of benzene rings is 1. The van der Waals surface area contributed by atoms with Crippen molar-refractivity contribution >= 4 is 16.9 Å². The third kappa shape index (κ3) is 2.10. The zero-order valence-corrected chi connectivity index (χ0v) is 9.37. The molecule has 0 aliphatic rings. The molecular formula is C11H9NO6. The van der Waals surface area contributed by atoms with E-state index in [9.17, 15) is 14.4 Å². The Labute approximate surface area is 99.8 Å². The van der Waals surface area contributed by atoms with E-state index in [2.05, 4.69) is 4.42 Å². The van der Waals surface area contributed by atoms with Crippen molar-refractivity contribution in [1.29, 1.82) is 0 Å². The molecule has 2 rings (SSSR count). The van der Waals surface area contributed by atoms with Crippen LogP contribution in [0.3, 0.4) is 0 Å². The molecule has 0 radical (unpaired) electrons. The largest absolute Gasteiger partial charge is 0.482 e. The third-order valence-electron chi connectivity index (χ3n) is 2.37. The summed E-state index contributed by atoms with van der Waals surface area (Å²) in [5.41, 5.74) is -0.419. The maximum atomic E-state index is 11.4. The van der Waals surface area contributed by atoms with Crippen molar-refractivity contribution in [3.05, 3.63) is 39.2 Å². The van der Waals surface area contributed by atoms with Gasteiger partial charge in [-0.25, -0.2) is 14.4 Å². The van der Waals surface area contributed by atoms with Crippen molar-refractivity contribution in [2.24, 2.45) is 7.05 Å². The number of carboxylic acids is 1. The second-order valence-corrected chi connectivity index (χ2v) is 3.58. The highest BCUT2D eigenvalue weighted by molar-refractivity contribution is 5.79. The molecule has 0 bridgehead atoms. The van der Waals surface area contributed by atoms with E-state index in [1.54, 1.807) is 0 Å². The number of carboxylic acid groups (broad SMARTS) is 1. The van der Waals surface area contributed by atoms with Crippen LogP contribution in [0.4, 0.5) is 0 Å². The summed E-state index contributed by atoms with van der Waals surface area (Å²) >= 11 is 0. The van der Waals surface area contributed by atoms with Crippen LogP contribution in [0, 0.1) is 0 Å². The highest BCUT2D eigenvalue weighted by Crippen LogP contribution is 2.17. The standard InChI is InChI=1S/C11H9NO6/c1-12-8-4-6(17-5-9(13)14)2-3-7(8)10(15)18-11(12)16/h2-4H,5H2,1H3,(H,13,14). The number of nitrogens with zero attached hydrogens (tertiary/aromatic N) is 1. The van der Waals surface area contributed by atoms with Crippen LogP contribution in [-0.2, 0) is 11.8 Å². The smallest absolute Gasteiger partial charge is 0.422 e. The number of rotatable bonds is 3. The van der Waals surface area contributed by atoms with Crippen molar-refractivity contribution in [3.63, 3.8) is 0 Å². The average Bonchev–Trinajstić information content (AvgIpc) is 2.33. The molecule has 1 aromatic carbocycles. The van der Waals surface area contributed by atoms with Gasteiger partial charge in [-0.2, -0.15) is 0 Å². The van der Waals surface area contributed by atoms with Crippen molar-refractivity contribution in [2.75, 3.05) is 6.61 Å². The van der Waals surface area contributed by atoms with E-state index in [-0.39, 0.29) is 11.1 Å². The summed E-state index contributed by atoms with van der Waals surface area (Å²) in [7, 11) is 1.44. The molecule has 0 fully saturated rings. The topological polar surface area (TPSA) is 98.7 Å². The molecule has 0 unspecified atom stereocenters. The Bertz CT molecular complexity index is 726. The Morgan fingerprint density at radius 1 is 1.44 bits per heavy atom. The molecule has 0 saturated carbocycles. The molecule has 94 valence electrons. The number of carbonyl (C=O) groups is 1. The van der Waals surface area contributed by atoms with Gasteiger partial charge in [-0.1, -0.05) is 0 Å². The number of ether oxygens (including phenoxy) is 1. The van der Waals surface area contributed by atoms with Gasteiger partial charge in [0, 0.05) is 13.1 Å². The third-order valence-corrected chi connectivity index (χ3v) is 2.37. The number of hydrogen-bond acceptors (Lipinski definition) is 5. The predicted octanol–water partition coefficient (Wildman–Crippen LogP) is -0.0449. The lowest BCUT2D eigenvalue weighted by Crippen LogP contribution is -2.22. The zero-order chi connectivity index (χ0) is 13.3. The summed E-state index contributed by atoms with van der Waals surface area (Å²) in [4.78, 5) is 33.1. The van der Waals surface area contributed by atoms with Crippen LogP contribution < -0.4 is 16.1 Å². The Hall–Kier alpha value is -2.57. The minimum Gasteiger partial charge on any atom is -0.482 e. The van der Waals surface area contributed by atoms with Crippen LogP contribution in [0.2, 0.25) is 0 Å². The Kier molecular flexibility index (Phi) is 2.88. The van der Waals surface area contributed by atoms with Gasteiger partial charge in [0.05, 0.1) is 10.9 Å². The van der Waals surface area contributed by atoms with E-state index < -0.39 is 24.0 Å². The van der Waals surface area contributed by atoms with Gasteiger partial charge < -0.3 is 14.3 Å². The van der Waals surface area contributed by atoms with Crippen LogP contribution in [0.25, 0.3) is 10.9 Å². The summed E-state index contributed by atoms with van der Waals surface area (Å²) in [6, 6.07) is 4.26. The number of aromatic nitrogens is 1. The first-order valence-corrected chi connectivity index (χ1v) is 4.97. The molecule has 0 saturated heterocycles. The molecular weight excluding hydrogens is 242 g/mol. The molecule has 0 amide bonds. The van der Waals surface area contributed by atoms with Crippen LogP contribution in [0.1, 0.15) is 0 Å². The fraction of sp³-hybridized carbons (Fsp3) is 0.182. The van der Waals surface area contributed by atoms with E-state index in [0.29, 0.717) is 5.52 Å². The van der Waals surface area contributed by atoms with Gasteiger partial charge in [-0.05, 0) is 12.1 Å². The number of aliphatic carboxylic acids is 1. The molecule has 0 spiro atoms. The number of aryl methyl sites for hydroxylation is 1. The Balaban J connectivity index is 2.57. The van der Waals surface area contributed by atoms with Crippen LogP contribution in [0.5, 0.6) is 5.75 Å². The van der Waals surface area contributed by atoms with E-state index >= 15 is 0 Å². The molecule has 18 heavy (non-hydrogen) atoms. The van der Waals surface area contributed by atoms with Gasteiger partial charge >= 0.3 is 17.4 Å². The normalized spacial score (nSPS) is 10.5. The van der Waals surface area contributed by atoms with Gasteiger partial charge in [0.25, 0.3) is 0 Å². The van der Waals surface area contributed by atoms with Gasteiger partial charge in [-0.15, -0.1) is 0 Å². The van der Waals surface area contributed by atoms with Gasteiger partial charge in [0.1, 0.15) is 5.75 Å². The second kappa shape index (κ2) is 4.36. The molecule has 0 aliphatic carbocycles. The van der Waals surface area contributed by atoms with Crippen molar-refractivity contribution < 1.29 is 19.1 Å². The monoisotopic (exact) mass is 251 g/mol. The predicted molar refractivity (Wildman–Crippen MR) is 60.9 cm³/mol. The first kappa shape index (κ1) is 11.9. The van der Waals surface area contributed by atoms with Crippen molar-refractivity contribution in [2.45, 2.75) is 0 Å². The van der Waals surface area contributed by atoms with E-state index in [4.69, 9.17) is 9.84 Å². The minimum absolute atomic E-state index is 0.222. The van der Waals surface area contributed by atoms with E-state index in [1.807, 2.05) is 0 Å². The molecule has 0 atom stereocenters. The molecule has 1 N–H and O–H groups in total. The number of hydrogen-bond donors (Lipinski definition) is 1. The molecule has 7 nitrogen and oxygen atoms in total. The van der Waals surface area contributed by atoms with E-state index in [1.165, 1.54) is 25.2 Å². The first-order chi connectivity index (χ1) is 8.49. The number of fused-ring (bicyclic) bond motifs is 1. The fourth-order valence-electron chi connectivity index (χ4n) is 1.50. The fourth-order valence-corrected chi connectivity index (χ4v) is 1.50. The first-order valence-electron chi connectivity index (χ1n) is 4.97. The SMILES string of the molecule is Cn1c(=O)oc(=O)c2ccc(OCC(=O)O)cc21. The summed E-state index contributed by atoms with van der Waals surface area (Å²) in [5.74, 6) is -1.65. The molecule has 2 aromatic rings. The van der Waals surface area contributed by atoms with E-state index in [0.717, 1.165) is 4.57 Å². The molecule has 7 heteroatoms. The van der Waals surface area contributed by atoms with Crippen LogP contribution >= 0.6 is 0 Å².